The van der Waals surface area contributed by atoms with Gasteiger partial charge in [0.25, 0.3) is 0 Å². The van der Waals surface area contributed by atoms with Gasteiger partial charge in [-0.1, -0.05) is 6.07 Å². The molecule has 0 saturated carbocycles. The summed E-state index contributed by atoms with van der Waals surface area (Å²) < 4.78 is 66.9. The number of likely N-dealkylation sites (N-methyl/N-ethyl adjacent to an activating group) is 1. The SMILES string of the molecule is CN1CC(c2cc(C#N)cc(C(F)(F)F)c2)C(C(=O)Nc2cccc(F)c2F)C1=O. The Balaban J connectivity index is 2.00. The Labute approximate surface area is 167 Å². The first-order chi connectivity index (χ1) is 14.0. The third kappa shape index (κ3) is 3.96. The van der Waals surface area contributed by atoms with Crippen molar-refractivity contribution in [1.82, 2.24) is 4.90 Å². The molecule has 0 bridgehead atoms. The van der Waals surface area contributed by atoms with E-state index < -0.39 is 52.7 Å². The molecule has 3 rings (SSSR count). The fourth-order valence-electron chi connectivity index (χ4n) is 3.40. The van der Waals surface area contributed by atoms with E-state index in [1.165, 1.54) is 13.1 Å². The van der Waals surface area contributed by atoms with Gasteiger partial charge in [0.05, 0.1) is 22.9 Å². The number of carbonyl (C=O) groups excluding carboxylic acids is 2. The summed E-state index contributed by atoms with van der Waals surface area (Å²) in [4.78, 5) is 26.4. The Hall–Kier alpha value is -3.48. The molecule has 2 amide bonds. The highest BCUT2D eigenvalue weighted by Gasteiger charge is 2.45. The first kappa shape index (κ1) is 21.2. The quantitative estimate of drug-likeness (QED) is 0.605. The Kier molecular flexibility index (Phi) is 5.48. The first-order valence-corrected chi connectivity index (χ1v) is 8.65. The molecule has 0 aromatic heterocycles. The summed E-state index contributed by atoms with van der Waals surface area (Å²) >= 11 is 0. The van der Waals surface area contributed by atoms with Crippen molar-refractivity contribution in [3.05, 3.63) is 64.7 Å². The second kappa shape index (κ2) is 7.74. The summed E-state index contributed by atoms with van der Waals surface area (Å²) in [6.07, 6.45) is -4.74. The third-order valence-corrected chi connectivity index (χ3v) is 4.85. The van der Waals surface area contributed by atoms with Crippen molar-refractivity contribution >= 4 is 17.5 Å². The Morgan fingerprint density at radius 3 is 2.57 bits per heavy atom. The summed E-state index contributed by atoms with van der Waals surface area (Å²) in [7, 11) is 1.37. The molecular formula is C20H14F5N3O2. The lowest BCUT2D eigenvalue weighted by Gasteiger charge is -2.19. The predicted octanol–water partition coefficient (Wildman–Crippen LogP) is 3.67. The molecule has 10 heteroatoms. The number of anilines is 1. The van der Waals surface area contributed by atoms with Crippen LogP contribution in [0.4, 0.5) is 27.6 Å². The molecule has 1 N–H and O–H groups in total. The van der Waals surface area contributed by atoms with Crippen LogP contribution in [0.25, 0.3) is 0 Å². The maximum Gasteiger partial charge on any atom is 0.416 e. The highest BCUT2D eigenvalue weighted by atomic mass is 19.4. The van der Waals surface area contributed by atoms with Gasteiger partial charge in [-0.3, -0.25) is 9.59 Å². The fraction of sp³-hybridized carbons (Fsp3) is 0.250. The van der Waals surface area contributed by atoms with Crippen LogP contribution in [0, 0.1) is 28.9 Å². The highest BCUT2D eigenvalue weighted by Crippen LogP contribution is 2.38. The normalized spacial score (nSPS) is 19.0. The monoisotopic (exact) mass is 423 g/mol. The average Bonchev–Trinajstić information content (AvgIpc) is 2.99. The summed E-state index contributed by atoms with van der Waals surface area (Å²) in [6, 6.07) is 7.34. The minimum atomic E-state index is -4.74. The summed E-state index contributed by atoms with van der Waals surface area (Å²) in [5.74, 6) is -6.72. The number of rotatable bonds is 3. The number of carbonyl (C=O) groups is 2. The standard InChI is InChI=1S/C20H14F5N3O2/c1-28-9-13(11-5-10(8-26)6-12(7-11)20(23,24)25)16(19(28)30)18(29)27-15-4-2-3-14(21)17(15)22/h2-7,13,16H,9H2,1H3,(H,27,29). The van der Waals surface area contributed by atoms with Crippen molar-refractivity contribution in [2.75, 3.05) is 18.9 Å². The largest absolute Gasteiger partial charge is 0.416 e. The van der Waals surface area contributed by atoms with Crippen LogP contribution in [0.1, 0.15) is 22.6 Å². The van der Waals surface area contributed by atoms with Gasteiger partial charge in [-0.2, -0.15) is 18.4 Å². The number of amides is 2. The fourth-order valence-corrected chi connectivity index (χ4v) is 3.40. The van der Waals surface area contributed by atoms with Gasteiger partial charge in [-0.25, -0.2) is 8.78 Å². The molecule has 2 unspecified atom stereocenters. The molecule has 0 spiro atoms. The number of alkyl halides is 3. The molecule has 1 aliphatic rings. The Bertz CT molecular complexity index is 1060. The van der Waals surface area contributed by atoms with Crippen LogP contribution >= 0.6 is 0 Å². The zero-order chi connectivity index (χ0) is 22.2. The Morgan fingerprint density at radius 1 is 1.23 bits per heavy atom. The number of nitrogens with one attached hydrogen (secondary N) is 1. The van der Waals surface area contributed by atoms with E-state index in [4.69, 9.17) is 5.26 Å². The second-order valence-electron chi connectivity index (χ2n) is 6.85. The average molecular weight is 423 g/mol. The van der Waals surface area contributed by atoms with Gasteiger partial charge >= 0.3 is 6.18 Å². The maximum atomic E-state index is 13.9. The van der Waals surface area contributed by atoms with Crippen LogP contribution in [-0.2, 0) is 15.8 Å². The van der Waals surface area contributed by atoms with Crippen LogP contribution in [-0.4, -0.2) is 30.3 Å². The van der Waals surface area contributed by atoms with Crippen molar-refractivity contribution in [2.45, 2.75) is 12.1 Å². The van der Waals surface area contributed by atoms with Gasteiger partial charge in [-0.15, -0.1) is 0 Å². The van der Waals surface area contributed by atoms with Gasteiger partial charge in [0, 0.05) is 19.5 Å². The molecule has 2 atom stereocenters. The molecule has 1 aliphatic heterocycles. The molecule has 5 nitrogen and oxygen atoms in total. The van der Waals surface area contributed by atoms with Crippen LogP contribution in [0.3, 0.4) is 0 Å². The van der Waals surface area contributed by atoms with Crippen LogP contribution in [0.15, 0.2) is 36.4 Å². The van der Waals surface area contributed by atoms with Crippen molar-refractivity contribution in [3.63, 3.8) is 0 Å². The predicted molar refractivity (Wildman–Crippen MR) is 95.0 cm³/mol. The molecule has 2 aromatic carbocycles. The highest BCUT2D eigenvalue weighted by molar-refractivity contribution is 6.08. The van der Waals surface area contributed by atoms with Gasteiger partial charge in [0.1, 0.15) is 5.92 Å². The molecule has 156 valence electrons. The van der Waals surface area contributed by atoms with Gasteiger partial charge in [-0.05, 0) is 35.9 Å². The molecule has 2 aromatic rings. The molecule has 1 heterocycles. The summed E-state index contributed by atoms with van der Waals surface area (Å²) in [5, 5.41) is 11.2. The number of nitrogens with zero attached hydrogens (tertiary/aromatic N) is 2. The van der Waals surface area contributed by atoms with E-state index in [0.29, 0.717) is 6.07 Å². The van der Waals surface area contributed by atoms with Crippen LogP contribution in [0.5, 0.6) is 0 Å². The lowest BCUT2D eigenvalue weighted by atomic mass is 9.86. The number of likely N-dealkylation sites (tertiary alicyclic amines) is 1. The molecule has 1 saturated heterocycles. The van der Waals surface area contributed by atoms with E-state index in [-0.39, 0.29) is 17.7 Å². The Morgan fingerprint density at radius 2 is 1.93 bits per heavy atom. The van der Waals surface area contributed by atoms with Crippen molar-refractivity contribution in [3.8, 4) is 6.07 Å². The topological polar surface area (TPSA) is 73.2 Å². The lowest BCUT2D eigenvalue weighted by molar-refractivity contribution is -0.137. The molecular weight excluding hydrogens is 409 g/mol. The number of halogens is 5. The van der Waals surface area contributed by atoms with E-state index in [1.807, 2.05) is 0 Å². The minimum Gasteiger partial charge on any atom is -0.344 e. The van der Waals surface area contributed by atoms with Crippen molar-refractivity contribution < 1.29 is 31.5 Å². The van der Waals surface area contributed by atoms with E-state index in [9.17, 15) is 31.5 Å². The lowest BCUT2D eigenvalue weighted by Crippen LogP contribution is -2.33. The molecule has 1 fully saturated rings. The van der Waals surface area contributed by atoms with Gasteiger partial charge < -0.3 is 10.2 Å². The van der Waals surface area contributed by atoms with Crippen molar-refractivity contribution in [2.24, 2.45) is 5.92 Å². The zero-order valence-corrected chi connectivity index (χ0v) is 15.4. The summed E-state index contributed by atoms with van der Waals surface area (Å²) in [6.45, 7) is -0.0886. The number of hydrogen-bond acceptors (Lipinski definition) is 3. The first-order valence-electron chi connectivity index (χ1n) is 8.65. The minimum absolute atomic E-state index is 0.0288. The van der Waals surface area contributed by atoms with Crippen molar-refractivity contribution in [1.29, 1.82) is 5.26 Å². The zero-order valence-electron chi connectivity index (χ0n) is 15.4. The molecule has 0 aliphatic carbocycles. The maximum absolute atomic E-state index is 13.9. The van der Waals surface area contributed by atoms with Crippen LogP contribution in [0.2, 0.25) is 0 Å². The number of nitriles is 1. The summed E-state index contributed by atoms with van der Waals surface area (Å²) in [5.41, 5.74) is -1.90. The van der Waals surface area contributed by atoms with E-state index in [2.05, 4.69) is 5.32 Å². The van der Waals surface area contributed by atoms with Gasteiger partial charge in [0.2, 0.25) is 11.8 Å². The smallest absolute Gasteiger partial charge is 0.344 e. The molecule has 0 radical (unpaired) electrons. The van der Waals surface area contributed by atoms with Crippen LogP contribution < -0.4 is 5.32 Å². The van der Waals surface area contributed by atoms with E-state index in [0.717, 1.165) is 29.2 Å². The van der Waals surface area contributed by atoms with E-state index >= 15 is 0 Å². The number of hydrogen-bond donors (Lipinski definition) is 1. The van der Waals surface area contributed by atoms with Gasteiger partial charge in [0.15, 0.2) is 11.6 Å². The van der Waals surface area contributed by atoms with E-state index in [1.54, 1.807) is 6.07 Å². The number of benzene rings is 2. The molecule has 30 heavy (non-hydrogen) atoms. The second-order valence-corrected chi connectivity index (χ2v) is 6.85. The third-order valence-electron chi connectivity index (χ3n) is 4.85.